The van der Waals surface area contributed by atoms with E-state index in [0.29, 0.717) is 18.4 Å². The quantitative estimate of drug-likeness (QED) is 0.729. The summed E-state index contributed by atoms with van der Waals surface area (Å²) in [5.41, 5.74) is 2.33. The number of amides is 1. The Balaban J connectivity index is 2.62. The van der Waals surface area contributed by atoms with E-state index in [-0.39, 0.29) is 11.8 Å². The molecule has 0 heterocycles. The van der Waals surface area contributed by atoms with Gasteiger partial charge in [-0.3, -0.25) is 4.79 Å². The lowest BCUT2D eigenvalue weighted by molar-refractivity contribution is -0.126. The predicted molar refractivity (Wildman–Crippen MR) is 68.0 cm³/mol. The topological polar surface area (TPSA) is 29.1 Å². The van der Waals surface area contributed by atoms with Gasteiger partial charge in [-0.05, 0) is 32.1 Å². The highest BCUT2D eigenvalue weighted by Gasteiger charge is 2.31. The number of hydrogen-bond acceptors (Lipinski definition) is 1. The summed E-state index contributed by atoms with van der Waals surface area (Å²) in [5, 5.41) is 2.96. The molecule has 0 spiro atoms. The van der Waals surface area contributed by atoms with E-state index < -0.39 is 0 Å². The van der Waals surface area contributed by atoms with Crippen LogP contribution < -0.4 is 5.32 Å². The summed E-state index contributed by atoms with van der Waals surface area (Å²) >= 11 is 0. The molecule has 0 saturated heterocycles. The smallest absolute Gasteiger partial charge is 0.223 e. The van der Waals surface area contributed by atoms with Gasteiger partial charge in [0.25, 0.3) is 0 Å². The van der Waals surface area contributed by atoms with Crippen molar-refractivity contribution in [3.05, 3.63) is 23.8 Å². The lowest BCUT2D eigenvalue weighted by Gasteiger charge is -2.31. The minimum absolute atomic E-state index is 0.124. The first-order valence-corrected chi connectivity index (χ1v) is 6.01. The molecule has 0 fully saturated rings. The van der Waals surface area contributed by atoms with Crippen molar-refractivity contribution >= 4 is 5.91 Å². The summed E-state index contributed by atoms with van der Waals surface area (Å²) in [5.74, 6) is 1.22. The van der Waals surface area contributed by atoms with E-state index in [9.17, 15) is 4.79 Å². The number of carbonyl (C=O) groups excluding carboxylic acids is 1. The molecule has 0 unspecified atom stereocenters. The van der Waals surface area contributed by atoms with Gasteiger partial charge in [-0.25, -0.2) is 0 Å². The van der Waals surface area contributed by atoms with Crippen LogP contribution in [0.1, 0.15) is 34.1 Å². The van der Waals surface area contributed by atoms with Crippen LogP contribution in [0.4, 0.5) is 0 Å². The van der Waals surface area contributed by atoms with E-state index in [4.69, 9.17) is 0 Å². The van der Waals surface area contributed by atoms with Crippen molar-refractivity contribution in [3.63, 3.8) is 0 Å². The number of nitrogens with one attached hydrogen (secondary N) is 1. The highest BCUT2D eigenvalue weighted by atomic mass is 16.1. The molecular weight excluding hydrogens is 198 g/mol. The van der Waals surface area contributed by atoms with Gasteiger partial charge >= 0.3 is 0 Å². The van der Waals surface area contributed by atoms with Crippen LogP contribution in [0.2, 0.25) is 0 Å². The van der Waals surface area contributed by atoms with Crippen molar-refractivity contribution in [2.75, 3.05) is 6.54 Å². The summed E-state index contributed by atoms with van der Waals surface area (Å²) in [6.07, 6.45) is 3.18. The fourth-order valence-electron chi connectivity index (χ4n) is 2.27. The second-order valence-electron chi connectivity index (χ2n) is 5.22. The lowest BCUT2D eigenvalue weighted by Crippen LogP contribution is -2.38. The Kier molecular flexibility index (Phi) is 4.34. The molecule has 16 heavy (non-hydrogen) atoms. The van der Waals surface area contributed by atoms with Crippen molar-refractivity contribution in [1.82, 2.24) is 5.32 Å². The third kappa shape index (κ3) is 3.22. The molecule has 1 aliphatic carbocycles. The van der Waals surface area contributed by atoms with Crippen molar-refractivity contribution in [3.8, 4) is 0 Å². The molecule has 2 heteroatoms. The summed E-state index contributed by atoms with van der Waals surface area (Å²) in [6.45, 7) is 12.8. The third-order valence-electron chi connectivity index (χ3n) is 3.45. The summed E-state index contributed by atoms with van der Waals surface area (Å²) in [7, 11) is 0. The van der Waals surface area contributed by atoms with Gasteiger partial charge in [0.1, 0.15) is 0 Å². The van der Waals surface area contributed by atoms with E-state index in [1.807, 2.05) is 6.92 Å². The number of allylic oxidation sites excluding steroid dienone is 2. The van der Waals surface area contributed by atoms with Crippen LogP contribution in [0.15, 0.2) is 23.8 Å². The van der Waals surface area contributed by atoms with Crippen LogP contribution in [0, 0.1) is 17.8 Å². The Bertz CT molecular complexity index is 317. The zero-order valence-electron chi connectivity index (χ0n) is 10.8. The Morgan fingerprint density at radius 2 is 2.19 bits per heavy atom. The maximum absolute atomic E-state index is 12.0. The molecule has 0 radical (unpaired) electrons. The number of carbonyl (C=O) groups is 1. The van der Waals surface area contributed by atoms with E-state index in [2.05, 4.69) is 38.7 Å². The average Bonchev–Trinajstić information content (AvgIpc) is 2.19. The molecule has 0 aliphatic heterocycles. The Morgan fingerprint density at radius 1 is 1.56 bits per heavy atom. The van der Waals surface area contributed by atoms with Crippen molar-refractivity contribution in [2.45, 2.75) is 34.1 Å². The van der Waals surface area contributed by atoms with Gasteiger partial charge in [0, 0.05) is 12.5 Å². The minimum Gasteiger partial charge on any atom is -0.352 e. The molecular formula is C14H23NO. The van der Waals surface area contributed by atoms with Crippen LogP contribution in [0.5, 0.6) is 0 Å². The van der Waals surface area contributed by atoms with Crippen molar-refractivity contribution in [1.29, 1.82) is 0 Å². The molecule has 1 aliphatic rings. The normalized spacial score (nSPS) is 29.5. The first kappa shape index (κ1) is 13.0. The van der Waals surface area contributed by atoms with E-state index >= 15 is 0 Å². The fraction of sp³-hybridized carbons (Fsp3) is 0.643. The highest BCUT2D eigenvalue weighted by Crippen LogP contribution is 2.33. The first-order valence-electron chi connectivity index (χ1n) is 6.01. The second kappa shape index (κ2) is 5.33. The summed E-state index contributed by atoms with van der Waals surface area (Å²) < 4.78 is 0. The monoisotopic (exact) mass is 221 g/mol. The van der Waals surface area contributed by atoms with Gasteiger partial charge in [-0.15, -0.1) is 0 Å². The summed E-state index contributed by atoms with van der Waals surface area (Å²) in [6, 6.07) is 0. The maximum atomic E-state index is 12.0. The van der Waals surface area contributed by atoms with Gasteiger partial charge in [0.15, 0.2) is 0 Å². The average molecular weight is 221 g/mol. The van der Waals surface area contributed by atoms with Gasteiger partial charge in [-0.2, -0.15) is 0 Å². The van der Waals surface area contributed by atoms with Gasteiger partial charge in [0.05, 0.1) is 0 Å². The molecule has 0 aromatic rings. The standard InChI is InChI=1S/C14H23NO/c1-9(2)8-15-14(16)13-7-10(3)6-11(4)12(13)5/h6,11-13H,1,7-8H2,2-5H3,(H,15,16)/t11-,12-,13+/m1/s1. The van der Waals surface area contributed by atoms with Gasteiger partial charge < -0.3 is 5.32 Å². The largest absolute Gasteiger partial charge is 0.352 e. The molecule has 2 nitrogen and oxygen atoms in total. The van der Waals surface area contributed by atoms with Crippen LogP contribution in [-0.2, 0) is 4.79 Å². The SMILES string of the molecule is C=C(C)CNC(=O)[C@H]1CC(C)=C[C@@H](C)[C@H]1C. The lowest BCUT2D eigenvalue weighted by atomic mass is 9.75. The summed E-state index contributed by atoms with van der Waals surface area (Å²) in [4.78, 5) is 12.0. The number of hydrogen-bond donors (Lipinski definition) is 1. The third-order valence-corrected chi connectivity index (χ3v) is 3.45. The minimum atomic E-state index is 0.124. The molecule has 1 amide bonds. The van der Waals surface area contributed by atoms with Crippen LogP contribution in [0.3, 0.4) is 0 Å². The second-order valence-corrected chi connectivity index (χ2v) is 5.22. The highest BCUT2D eigenvalue weighted by molar-refractivity contribution is 5.79. The van der Waals surface area contributed by atoms with E-state index in [1.54, 1.807) is 0 Å². The van der Waals surface area contributed by atoms with Crippen molar-refractivity contribution < 1.29 is 4.79 Å². The number of rotatable bonds is 3. The molecule has 3 atom stereocenters. The Hall–Kier alpha value is -1.05. The van der Waals surface area contributed by atoms with Crippen LogP contribution >= 0.6 is 0 Å². The van der Waals surface area contributed by atoms with E-state index in [0.717, 1.165) is 12.0 Å². The van der Waals surface area contributed by atoms with Crippen LogP contribution in [0.25, 0.3) is 0 Å². The molecule has 0 aromatic carbocycles. The van der Waals surface area contributed by atoms with Crippen LogP contribution in [-0.4, -0.2) is 12.5 Å². The molecule has 1 rings (SSSR count). The molecule has 0 saturated carbocycles. The molecule has 1 N–H and O–H groups in total. The van der Waals surface area contributed by atoms with Gasteiger partial charge in [0.2, 0.25) is 5.91 Å². The molecule has 90 valence electrons. The molecule has 0 aromatic heterocycles. The Morgan fingerprint density at radius 3 is 2.75 bits per heavy atom. The zero-order chi connectivity index (χ0) is 12.3. The fourth-order valence-corrected chi connectivity index (χ4v) is 2.27. The maximum Gasteiger partial charge on any atom is 0.223 e. The van der Waals surface area contributed by atoms with Crippen molar-refractivity contribution in [2.24, 2.45) is 17.8 Å². The molecule has 0 bridgehead atoms. The predicted octanol–water partition coefficient (Wildman–Crippen LogP) is 2.92. The van der Waals surface area contributed by atoms with Gasteiger partial charge in [-0.1, -0.05) is 37.6 Å². The zero-order valence-corrected chi connectivity index (χ0v) is 10.8. The first-order chi connectivity index (χ1) is 7.41. The Labute approximate surface area is 98.8 Å². The van der Waals surface area contributed by atoms with E-state index in [1.165, 1.54) is 5.57 Å².